The van der Waals surface area contributed by atoms with Crippen molar-refractivity contribution in [1.29, 1.82) is 0 Å². The van der Waals surface area contributed by atoms with Gasteiger partial charge in [-0.25, -0.2) is 9.78 Å². The van der Waals surface area contributed by atoms with Crippen molar-refractivity contribution >= 4 is 32.7 Å². The first-order chi connectivity index (χ1) is 19.1. The minimum Gasteiger partial charge on any atom is -0.462 e. The van der Waals surface area contributed by atoms with E-state index < -0.39 is 0 Å². The molecule has 2 fully saturated rings. The minimum absolute atomic E-state index is 0.169. The summed E-state index contributed by atoms with van der Waals surface area (Å²) in [6, 6.07) is 14.3. The smallest absolute Gasteiger partial charge is 0.338 e. The van der Waals surface area contributed by atoms with E-state index in [1.165, 1.54) is 5.56 Å². The summed E-state index contributed by atoms with van der Waals surface area (Å²) in [5, 5.41) is 5.51. The molecule has 1 aliphatic heterocycles. The summed E-state index contributed by atoms with van der Waals surface area (Å²) in [7, 11) is 0. The van der Waals surface area contributed by atoms with E-state index in [4.69, 9.17) is 19.0 Å². The van der Waals surface area contributed by atoms with E-state index in [1.807, 2.05) is 19.1 Å². The zero-order chi connectivity index (χ0) is 26.9. The molecule has 204 valence electrons. The van der Waals surface area contributed by atoms with E-state index in [1.54, 1.807) is 17.4 Å². The molecule has 1 saturated heterocycles. The number of aryl methyl sites for hydroxylation is 1. The molecular weight excluding hydrogens is 510 g/mol. The fourth-order valence-corrected chi connectivity index (χ4v) is 6.66. The number of fused-ring (bicyclic) bond motifs is 1. The van der Waals surface area contributed by atoms with Gasteiger partial charge in [-0.3, -0.25) is 0 Å². The van der Waals surface area contributed by atoms with Crippen molar-refractivity contribution in [3.05, 3.63) is 64.9 Å². The Balaban J connectivity index is 1.16. The number of benzene rings is 2. The van der Waals surface area contributed by atoms with Gasteiger partial charge >= 0.3 is 5.97 Å². The van der Waals surface area contributed by atoms with E-state index in [9.17, 15) is 4.79 Å². The Morgan fingerprint density at radius 2 is 2.00 bits per heavy atom. The van der Waals surface area contributed by atoms with E-state index in [2.05, 4.69) is 48.2 Å². The van der Waals surface area contributed by atoms with Crippen LogP contribution in [0.25, 0.3) is 21.5 Å². The predicted octanol–water partition coefficient (Wildman–Crippen LogP) is 7.28. The molecule has 2 aromatic heterocycles. The Morgan fingerprint density at radius 1 is 1.15 bits per heavy atom. The summed E-state index contributed by atoms with van der Waals surface area (Å²) in [6.45, 7) is 7.95. The topological polar surface area (TPSA) is 77.7 Å². The molecule has 6 rings (SSSR count). The number of nitrogens with zero attached hydrogens (tertiary/aromatic N) is 3. The Kier molecular flexibility index (Phi) is 7.40. The molecule has 2 aliphatic rings. The first kappa shape index (κ1) is 26.0. The number of carbonyl (C=O) groups excluding carboxylic acids is 1. The van der Waals surface area contributed by atoms with Crippen LogP contribution in [-0.4, -0.2) is 41.4 Å². The number of hydrogen-bond acceptors (Lipinski definition) is 8. The molecule has 1 aliphatic carbocycles. The van der Waals surface area contributed by atoms with E-state index in [-0.39, 0.29) is 12.1 Å². The van der Waals surface area contributed by atoms with Crippen LogP contribution in [0.3, 0.4) is 0 Å². The van der Waals surface area contributed by atoms with Crippen LogP contribution in [0, 0.1) is 6.92 Å². The lowest BCUT2D eigenvalue weighted by molar-refractivity contribution is 0.0157. The molecular formula is C31H35N3O4S. The summed E-state index contributed by atoms with van der Waals surface area (Å²) in [6.07, 6.45) is 5.39. The molecule has 2 atom stereocenters. The average molecular weight is 546 g/mol. The Morgan fingerprint density at radius 3 is 2.77 bits per heavy atom. The molecule has 4 aromatic rings. The highest BCUT2D eigenvalue weighted by atomic mass is 32.1. The molecule has 0 N–H and O–H groups in total. The summed E-state index contributed by atoms with van der Waals surface area (Å²) in [5.41, 5.74) is 5.85. The number of ether oxygens (including phenoxy) is 2. The van der Waals surface area contributed by atoms with Crippen molar-refractivity contribution in [1.82, 2.24) is 10.1 Å². The number of thiazole rings is 1. The lowest BCUT2D eigenvalue weighted by Crippen LogP contribution is -2.44. The van der Waals surface area contributed by atoms with Gasteiger partial charge < -0.3 is 18.9 Å². The summed E-state index contributed by atoms with van der Waals surface area (Å²) in [4.78, 5) is 19.5. The van der Waals surface area contributed by atoms with Crippen molar-refractivity contribution < 1.29 is 18.8 Å². The van der Waals surface area contributed by atoms with Gasteiger partial charge in [0.25, 0.3) is 0 Å². The van der Waals surface area contributed by atoms with Gasteiger partial charge in [-0.15, -0.1) is 0 Å². The van der Waals surface area contributed by atoms with Crippen LogP contribution in [0.5, 0.6) is 0 Å². The second kappa shape index (κ2) is 11.1. The Hall–Kier alpha value is -3.23. The summed E-state index contributed by atoms with van der Waals surface area (Å²) in [5.74, 6) is 1.19. The van der Waals surface area contributed by atoms with Gasteiger partial charge in [0.1, 0.15) is 11.5 Å². The van der Waals surface area contributed by atoms with Crippen LogP contribution >= 0.6 is 11.3 Å². The molecule has 0 spiro atoms. The first-order valence-electron chi connectivity index (χ1n) is 14.1. The normalized spacial score (nSPS) is 19.5. The van der Waals surface area contributed by atoms with E-state index >= 15 is 0 Å². The van der Waals surface area contributed by atoms with E-state index in [0.717, 1.165) is 76.6 Å². The molecule has 3 heterocycles. The molecule has 0 unspecified atom stereocenters. The third-order valence-electron chi connectivity index (χ3n) is 7.90. The highest BCUT2D eigenvalue weighted by molar-refractivity contribution is 7.22. The van der Waals surface area contributed by atoms with Crippen molar-refractivity contribution in [2.24, 2.45) is 0 Å². The zero-order valence-electron chi connectivity index (χ0n) is 22.8. The van der Waals surface area contributed by atoms with Crippen LogP contribution in [0.1, 0.15) is 79.1 Å². The van der Waals surface area contributed by atoms with Gasteiger partial charge in [-0.2, -0.15) is 0 Å². The fourth-order valence-electron chi connectivity index (χ4n) is 5.56. The Labute approximate surface area is 233 Å². The van der Waals surface area contributed by atoms with Crippen molar-refractivity contribution in [2.45, 2.75) is 77.5 Å². The third kappa shape index (κ3) is 5.32. The van der Waals surface area contributed by atoms with Crippen molar-refractivity contribution in [3.63, 3.8) is 0 Å². The number of anilines is 1. The Bertz CT molecular complexity index is 1470. The number of esters is 1. The monoisotopic (exact) mass is 545 g/mol. The van der Waals surface area contributed by atoms with Gasteiger partial charge in [0.05, 0.1) is 35.1 Å². The minimum atomic E-state index is -0.290. The van der Waals surface area contributed by atoms with Crippen LogP contribution in [-0.2, 0) is 16.1 Å². The van der Waals surface area contributed by atoms with Crippen LogP contribution < -0.4 is 4.90 Å². The second-order valence-corrected chi connectivity index (χ2v) is 11.6. The summed E-state index contributed by atoms with van der Waals surface area (Å²) >= 11 is 1.64. The van der Waals surface area contributed by atoms with Crippen LogP contribution in [0.15, 0.2) is 47.0 Å². The van der Waals surface area contributed by atoms with Gasteiger partial charge in [-0.05, 0) is 69.7 Å². The second-order valence-electron chi connectivity index (χ2n) is 10.6. The molecule has 0 amide bonds. The van der Waals surface area contributed by atoms with E-state index in [0.29, 0.717) is 30.7 Å². The maximum Gasteiger partial charge on any atom is 0.338 e. The maximum absolute atomic E-state index is 12.2. The number of aromatic nitrogens is 2. The van der Waals surface area contributed by atoms with Crippen LogP contribution in [0.2, 0.25) is 0 Å². The number of rotatable bonds is 9. The van der Waals surface area contributed by atoms with Gasteiger partial charge in [-0.1, -0.05) is 47.7 Å². The third-order valence-corrected chi connectivity index (χ3v) is 8.96. The molecule has 0 radical (unpaired) electrons. The van der Waals surface area contributed by atoms with Crippen molar-refractivity contribution in [2.75, 3.05) is 18.1 Å². The largest absolute Gasteiger partial charge is 0.462 e. The molecule has 39 heavy (non-hydrogen) atoms. The lowest BCUT2D eigenvalue weighted by Gasteiger charge is -2.39. The predicted molar refractivity (Wildman–Crippen MR) is 153 cm³/mol. The SMILES string of the molecule is CCOC(=O)c1ccc2nc(N3CC[C@@H](OCc4c(-c5ccccc5C)noc4C4CC4)C[C@@H]3CC)sc2c1. The molecule has 0 bridgehead atoms. The fraction of sp³-hybridized carbons (Fsp3) is 0.452. The number of carbonyl (C=O) groups is 1. The first-order valence-corrected chi connectivity index (χ1v) is 14.9. The molecule has 8 heteroatoms. The van der Waals surface area contributed by atoms with Gasteiger partial charge in [0.2, 0.25) is 0 Å². The quantitative estimate of drug-likeness (QED) is 0.205. The highest BCUT2D eigenvalue weighted by Gasteiger charge is 2.34. The van der Waals surface area contributed by atoms with Gasteiger partial charge in [0, 0.05) is 29.6 Å². The van der Waals surface area contributed by atoms with Gasteiger partial charge in [0.15, 0.2) is 5.13 Å². The molecule has 2 aromatic carbocycles. The van der Waals surface area contributed by atoms with Crippen molar-refractivity contribution in [3.8, 4) is 11.3 Å². The lowest BCUT2D eigenvalue weighted by atomic mass is 9.97. The highest BCUT2D eigenvalue weighted by Crippen LogP contribution is 2.45. The summed E-state index contributed by atoms with van der Waals surface area (Å²) < 4.78 is 18.6. The van der Waals surface area contributed by atoms with Crippen LogP contribution in [0.4, 0.5) is 5.13 Å². The standard InChI is InChI=1S/C31H35N3O4S/c1-4-22-17-23(14-15-34(22)31-32-26-13-12-21(16-27(26)39-31)30(35)36-5-2)37-18-25-28(24-9-7-6-8-19(24)3)33-38-29(25)20-10-11-20/h6-9,12-13,16,20,22-23H,4-5,10-11,14-15,17-18H2,1-3H3/t22-,23+/m0/s1. The number of piperidine rings is 1. The molecule has 7 nitrogen and oxygen atoms in total. The number of hydrogen-bond donors (Lipinski definition) is 0. The zero-order valence-corrected chi connectivity index (χ0v) is 23.6. The molecule has 1 saturated carbocycles. The maximum atomic E-state index is 12.2. The average Bonchev–Trinajstić information content (AvgIpc) is 3.57.